The van der Waals surface area contributed by atoms with Crippen molar-refractivity contribution in [3.63, 3.8) is 0 Å². The van der Waals surface area contributed by atoms with Crippen LogP contribution in [0.15, 0.2) is 24.3 Å². The van der Waals surface area contributed by atoms with Crippen molar-refractivity contribution < 1.29 is 0 Å². The van der Waals surface area contributed by atoms with Gasteiger partial charge in [-0.25, -0.2) is 0 Å². The maximum atomic E-state index is 6.21. The lowest BCUT2D eigenvalue weighted by Crippen LogP contribution is -2.13. The molecule has 0 aromatic heterocycles. The summed E-state index contributed by atoms with van der Waals surface area (Å²) >= 11 is 0. The second-order valence-electron chi connectivity index (χ2n) is 4.50. The van der Waals surface area contributed by atoms with Crippen LogP contribution in [0.4, 0.5) is 0 Å². The summed E-state index contributed by atoms with van der Waals surface area (Å²) in [5.74, 6) is 1.55. The van der Waals surface area contributed by atoms with Gasteiger partial charge in [0, 0.05) is 6.04 Å². The van der Waals surface area contributed by atoms with Crippen molar-refractivity contribution in [1.82, 2.24) is 0 Å². The van der Waals surface area contributed by atoms with E-state index in [9.17, 15) is 0 Å². The number of rotatable bonds is 3. The molecule has 0 amide bonds. The summed E-state index contributed by atoms with van der Waals surface area (Å²) in [6, 6.07) is 8.98. The van der Waals surface area contributed by atoms with Crippen molar-refractivity contribution in [2.75, 3.05) is 0 Å². The van der Waals surface area contributed by atoms with Gasteiger partial charge >= 0.3 is 0 Å². The van der Waals surface area contributed by atoms with E-state index in [-0.39, 0.29) is 6.04 Å². The fourth-order valence-corrected chi connectivity index (χ4v) is 2.12. The van der Waals surface area contributed by atoms with E-state index in [1.54, 1.807) is 0 Å². The zero-order chi connectivity index (χ0) is 10.1. The molecule has 2 N–H and O–H groups in total. The third-order valence-corrected chi connectivity index (χ3v) is 3.38. The average Bonchev–Trinajstić information content (AvgIpc) is 2.94. The first-order valence-electron chi connectivity index (χ1n) is 5.56. The van der Waals surface area contributed by atoms with Gasteiger partial charge in [-0.2, -0.15) is 0 Å². The normalized spacial score (nSPS) is 27.4. The van der Waals surface area contributed by atoms with Gasteiger partial charge in [0.25, 0.3) is 0 Å². The molecule has 1 aromatic carbocycles. The fraction of sp³-hybridized carbons (Fsp3) is 0.538. The maximum absolute atomic E-state index is 6.21. The Morgan fingerprint density at radius 1 is 1.50 bits per heavy atom. The lowest BCUT2D eigenvalue weighted by molar-refractivity contribution is 0.593. The Kier molecular flexibility index (Phi) is 2.60. The van der Waals surface area contributed by atoms with Crippen LogP contribution >= 0.6 is 0 Å². The molecule has 0 saturated heterocycles. The number of nitrogens with two attached hydrogens (primary N) is 1. The summed E-state index contributed by atoms with van der Waals surface area (Å²) in [6.45, 7) is 4.47. The topological polar surface area (TPSA) is 26.0 Å². The largest absolute Gasteiger partial charge is 0.324 e. The minimum atomic E-state index is 0.261. The Labute approximate surface area is 86.3 Å². The van der Waals surface area contributed by atoms with E-state index in [2.05, 4.69) is 38.1 Å². The van der Waals surface area contributed by atoms with Crippen molar-refractivity contribution >= 4 is 0 Å². The second-order valence-corrected chi connectivity index (χ2v) is 4.50. The molecular formula is C13H19N. The Morgan fingerprint density at radius 2 is 2.21 bits per heavy atom. The molecule has 0 heterocycles. The molecule has 0 bridgehead atoms. The van der Waals surface area contributed by atoms with E-state index in [1.165, 1.54) is 17.5 Å². The zero-order valence-corrected chi connectivity index (χ0v) is 9.03. The summed E-state index contributed by atoms with van der Waals surface area (Å²) in [4.78, 5) is 0. The maximum Gasteiger partial charge on any atom is 0.0326 e. The third kappa shape index (κ3) is 1.83. The van der Waals surface area contributed by atoms with Gasteiger partial charge < -0.3 is 5.73 Å². The van der Waals surface area contributed by atoms with Crippen LogP contribution in [0.3, 0.4) is 0 Å². The number of benzene rings is 1. The SMILES string of the molecule is CCc1cccc(C(N)C2CC2C)c1. The highest BCUT2D eigenvalue weighted by Gasteiger charge is 2.38. The molecule has 0 radical (unpaired) electrons. The predicted molar refractivity (Wildman–Crippen MR) is 60.0 cm³/mol. The molecule has 3 atom stereocenters. The van der Waals surface area contributed by atoms with Gasteiger partial charge in [0.1, 0.15) is 0 Å². The van der Waals surface area contributed by atoms with Crippen LogP contribution in [0.2, 0.25) is 0 Å². The van der Waals surface area contributed by atoms with E-state index in [0.717, 1.165) is 18.3 Å². The summed E-state index contributed by atoms with van der Waals surface area (Å²) in [7, 11) is 0. The van der Waals surface area contributed by atoms with Crippen molar-refractivity contribution in [2.45, 2.75) is 32.7 Å². The van der Waals surface area contributed by atoms with Crippen molar-refractivity contribution in [2.24, 2.45) is 17.6 Å². The van der Waals surface area contributed by atoms with Gasteiger partial charge in [0.2, 0.25) is 0 Å². The molecule has 1 nitrogen and oxygen atoms in total. The van der Waals surface area contributed by atoms with Crippen LogP contribution in [-0.4, -0.2) is 0 Å². The smallest absolute Gasteiger partial charge is 0.0326 e. The number of hydrogen-bond acceptors (Lipinski definition) is 1. The highest BCUT2D eigenvalue weighted by molar-refractivity contribution is 5.27. The lowest BCUT2D eigenvalue weighted by atomic mass is 9.99. The molecule has 1 aromatic rings. The van der Waals surface area contributed by atoms with Crippen LogP contribution in [0.25, 0.3) is 0 Å². The molecular weight excluding hydrogens is 170 g/mol. The molecule has 76 valence electrons. The van der Waals surface area contributed by atoms with E-state index in [1.807, 2.05) is 0 Å². The number of hydrogen-bond donors (Lipinski definition) is 1. The molecule has 14 heavy (non-hydrogen) atoms. The monoisotopic (exact) mass is 189 g/mol. The van der Waals surface area contributed by atoms with Gasteiger partial charge in [-0.1, -0.05) is 38.1 Å². The lowest BCUT2D eigenvalue weighted by Gasteiger charge is -2.12. The Morgan fingerprint density at radius 3 is 2.79 bits per heavy atom. The average molecular weight is 189 g/mol. The van der Waals surface area contributed by atoms with E-state index in [4.69, 9.17) is 5.73 Å². The molecule has 1 aliphatic carbocycles. The molecule has 1 saturated carbocycles. The highest BCUT2D eigenvalue weighted by atomic mass is 14.7. The van der Waals surface area contributed by atoms with E-state index < -0.39 is 0 Å². The Hall–Kier alpha value is -0.820. The summed E-state index contributed by atoms with van der Waals surface area (Å²) < 4.78 is 0. The molecule has 0 spiro atoms. The first kappa shape index (κ1) is 9.72. The quantitative estimate of drug-likeness (QED) is 0.777. The van der Waals surface area contributed by atoms with Gasteiger partial charge in [0.15, 0.2) is 0 Å². The molecule has 1 aliphatic rings. The minimum Gasteiger partial charge on any atom is -0.324 e. The van der Waals surface area contributed by atoms with Crippen LogP contribution in [0.1, 0.15) is 37.4 Å². The fourth-order valence-electron chi connectivity index (χ4n) is 2.12. The van der Waals surface area contributed by atoms with Gasteiger partial charge in [-0.15, -0.1) is 0 Å². The Bertz CT molecular complexity index is 319. The van der Waals surface area contributed by atoms with Gasteiger partial charge in [-0.05, 0) is 35.8 Å². The third-order valence-electron chi connectivity index (χ3n) is 3.38. The van der Waals surface area contributed by atoms with Crippen LogP contribution in [0, 0.1) is 11.8 Å². The number of aryl methyl sites for hydroxylation is 1. The first-order valence-corrected chi connectivity index (χ1v) is 5.56. The molecule has 0 aliphatic heterocycles. The van der Waals surface area contributed by atoms with Crippen LogP contribution < -0.4 is 5.73 Å². The van der Waals surface area contributed by atoms with E-state index in [0.29, 0.717) is 0 Å². The van der Waals surface area contributed by atoms with Crippen molar-refractivity contribution in [1.29, 1.82) is 0 Å². The van der Waals surface area contributed by atoms with Crippen LogP contribution in [0.5, 0.6) is 0 Å². The molecule has 2 rings (SSSR count). The summed E-state index contributed by atoms with van der Waals surface area (Å²) in [6.07, 6.45) is 2.40. The highest BCUT2D eigenvalue weighted by Crippen LogP contribution is 2.45. The predicted octanol–water partition coefficient (Wildman–Crippen LogP) is 2.90. The zero-order valence-electron chi connectivity index (χ0n) is 9.03. The standard InChI is InChI=1S/C13H19N/c1-3-10-5-4-6-11(8-10)13(14)12-7-9(12)2/h4-6,8-9,12-13H,3,7,14H2,1-2H3. The first-order chi connectivity index (χ1) is 6.72. The van der Waals surface area contributed by atoms with E-state index >= 15 is 0 Å². The summed E-state index contributed by atoms with van der Waals surface area (Å²) in [5.41, 5.74) is 8.93. The molecule has 1 fully saturated rings. The summed E-state index contributed by atoms with van der Waals surface area (Å²) in [5, 5.41) is 0. The molecule has 1 heteroatoms. The van der Waals surface area contributed by atoms with Crippen molar-refractivity contribution in [3.8, 4) is 0 Å². The molecule has 3 unspecified atom stereocenters. The minimum absolute atomic E-state index is 0.261. The van der Waals surface area contributed by atoms with Crippen LogP contribution in [-0.2, 0) is 6.42 Å². The van der Waals surface area contributed by atoms with Gasteiger partial charge in [-0.3, -0.25) is 0 Å². The van der Waals surface area contributed by atoms with Crippen molar-refractivity contribution in [3.05, 3.63) is 35.4 Å². The Balaban J connectivity index is 2.14. The second kappa shape index (κ2) is 3.74. The van der Waals surface area contributed by atoms with Gasteiger partial charge in [0.05, 0.1) is 0 Å².